The molecule has 0 bridgehead atoms. The molecule has 0 aliphatic rings. The van der Waals surface area contributed by atoms with E-state index in [0.29, 0.717) is 22.7 Å². The van der Waals surface area contributed by atoms with Crippen LogP contribution in [0.3, 0.4) is 0 Å². The molecule has 3 aromatic rings. The number of phenolic OH excluding ortho intramolecular Hbond substituents is 1. The predicted octanol–water partition coefficient (Wildman–Crippen LogP) is 5.94. The molecule has 1 aromatic heterocycles. The summed E-state index contributed by atoms with van der Waals surface area (Å²) in [6, 6.07) is 10.6. The summed E-state index contributed by atoms with van der Waals surface area (Å²) >= 11 is 0. The monoisotopic (exact) mass is 411 g/mol. The Morgan fingerprint density at radius 2 is 1.67 bits per heavy atom. The van der Waals surface area contributed by atoms with Gasteiger partial charge in [-0.3, -0.25) is 0 Å². The largest absolute Gasteiger partial charge is 0.508 e. The zero-order valence-corrected chi connectivity index (χ0v) is 18.6. The molecule has 1 heterocycles. The van der Waals surface area contributed by atoms with Crippen LogP contribution in [0.1, 0.15) is 46.1 Å². The molecule has 160 valence electrons. The molecule has 0 radical (unpaired) electrons. The highest BCUT2D eigenvalue weighted by Crippen LogP contribution is 2.42. The van der Waals surface area contributed by atoms with E-state index in [0.717, 1.165) is 16.5 Å². The molecule has 0 saturated carbocycles. The number of aromatic nitrogens is 1. The summed E-state index contributed by atoms with van der Waals surface area (Å²) < 4.78 is 18.2. The fourth-order valence-electron chi connectivity index (χ4n) is 3.65. The van der Waals surface area contributed by atoms with Crippen LogP contribution >= 0.6 is 0 Å². The second kappa shape index (κ2) is 7.94. The molecular formula is C24H29NO5. The summed E-state index contributed by atoms with van der Waals surface area (Å²) in [6.07, 6.45) is -0.477. The normalized spacial score (nSPS) is 11.7. The van der Waals surface area contributed by atoms with Gasteiger partial charge in [-0.05, 0) is 68.7 Å². The van der Waals surface area contributed by atoms with Crippen LogP contribution in [0.4, 0.5) is 4.79 Å². The third kappa shape index (κ3) is 3.95. The van der Waals surface area contributed by atoms with E-state index in [4.69, 9.17) is 14.2 Å². The number of ether oxygens (including phenoxy) is 3. The Morgan fingerprint density at radius 3 is 2.23 bits per heavy atom. The van der Waals surface area contributed by atoms with Gasteiger partial charge in [0, 0.05) is 10.9 Å². The lowest BCUT2D eigenvalue weighted by Crippen LogP contribution is -2.27. The van der Waals surface area contributed by atoms with Gasteiger partial charge in [0.05, 0.1) is 25.4 Å². The van der Waals surface area contributed by atoms with Crippen molar-refractivity contribution in [2.24, 2.45) is 0 Å². The summed E-state index contributed by atoms with van der Waals surface area (Å²) in [7, 11) is 3.16. The number of aromatic hydroxyl groups is 1. The Labute approximate surface area is 177 Å². The van der Waals surface area contributed by atoms with Crippen molar-refractivity contribution in [1.82, 2.24) is 4.57 Å². The Balaban J connectivity index is 2.40. The van der Waals surface area contributed by atoms with Crippen LogP contribution in [0, 0.1) is 0 Å². The SMILES string of the molecule is COc1ccc(-c2c(C(C)C)c3cc(O)ccc3n2C(=O)OC(C)(C)C)cc1OC. The highest BCUT2D eigenvalue weighted by atomic mass is 16.6. The van der Waals surface area contributed by atoms with Crippen molar-refractivity contribution >= 4 is 17.0 Å². The van der Waals surface area contributed by atoms with E-state index in [-0.39, 0.29) is 11.7 Å². The molecule has 6 heteroatoms. The maximum atomic E-state index is 13.3. The van der Waals surface area contributed by atoms with Crippen LogP contribution < -0.4 is 9.47 Å². The second-order valence-electron chi connectivity index (χ2n) is 8.50. The zero-order valence-electron chi connectivity index (χ0n) is 18.6. The van der Waals surface area contributed by atoms with E-state index >= 15 is 0 Å². The zero-order chi connectivity index (χ0) is 22.2. The van der Waals surface area contributed by atoms with Crippen molar-refractivity contribution in [2.45, 2.75) is 46.1 Å². The first kappa shape index (κ1) is 21.6. The Bertz CT molecular complexity index is 1090. The van der Waals surface area contributed by atoms with Crippen molar-refractivity contribution in [3.05, 3.63) is 42.0 Å². The maximum Gasteiger partial charge on any atom is 0.419 e. The Hall–Kier alpha value is -3.15. The Morgan fingerprint density at radius 1 is 1.00 bits per heavy atom. The highest BCUT2D eigenvalue weighted by Gasteiger charge is 2.28. The minimum absolute atomic E-state index is 0.0843. The van der Waals surface area contributed by atoms with Gasteiger partial charge in [0.2, 0.25) is 0 Å². The summed E-state index contributed by atoms with van der Waals surface area (Å²) in [5.74, 6) is 1.39. The number of carbonyl (C=O) groups excluding carboxylic acids is 1. The first-order chi connectivity index (χ1) is 14.1. The van der Waals surface area contributed by atoms with Crippen LogP contribution in [0.5, 0.6) is 17.2 Å². The van der Waals surface area contributed by atoms with Crippen LogP contribution in [0.2, 0.25) is 0 Å². The summed E-state index contributed by atoms with van der Waals surface area (Å²) in [5.41, 5.74) is 2.46. The van der Waals surface area contributed by atoms with Crippen molar-refractivity contribution < 1.29 is 24.1 Å². The summed E-state index contributed by atoms with van der Waals surface area (Å²) in [4.78, 5) is 13.3. The minimum atomic E-state index is -0.655. The van der Waals surface area contributed by atoms with E-state index in [2.05, 4.69) is 13.8 Å². The van der Waals surface area contributed by atoms with E-state index < -0.39 is 11.7 Å². The van der Waals surface area contributed by atoms with Crippen molar-refractivity contribution in [2.75, 3.05) is 14.2 Å². The van der Waals surface area contributed by atoms with Crippen LogP contribution in [0.25, 0.3) is 22.2 Å². The molecule has 30 heavy (non-hydrogen) atoms. The van der Waals surface area contributed by atoms with Gasteiger partial charge in [-0.25, -0.2) is 9.36 Å². The molecule has 0 aliphatic heterocycles. The lowest BCUT2D eigenvalue weighted by Gasteiger charge is -2.21. The number of hydrogen-bond acceptors (Lipinski definition) is 5. The molecule has 0 amide bonds. The van der Waals surface area contributed by atoms with Gasteiger partial charge in [0.25, 0.3) is 0 Å². The molecule has 2 aromatic carbocycles. The molecule has 0 fully saturated rings. The van der Waals surface area contributed by atoms with E-state index in [1.165, 1.54) is 0 Å². The van der Waals surface area contributed by atoms with Crippen molar-refractivity contribution in [1.29, 1.82) is 0 Å². The minimum Gasteiger partial charge on any atom is -0.508 e. The summed E-state index contributed by atoms with van der Waals surface area (Å²) in [6.45, 7) is 9.62. The topological polar surface area (TPSA) is 69.9 Å². The molecule has 6 nitrogen and oxygen atoms in total. The standard InChI is InChI=1S/C24H29NO5/c1-14(2)21-17-13-16(26)9-10-18(17)25(23(27)30-24(3,4)5)22(21)15-8-11-19(28-6)20(12-15)29-7/h8-14,26H,1-7H3. The lowest BCUT2D eigenvalue weighted by atomic mass is 9.96. The average molecular weight is 411 g/mol. The van der Waals surface area contributed by atoms with Crippen LogP contribution in [-0.2, 0) is 4.74 Å². The highest BCUT2D eigenvalue weighted by molar-refractivity contribution is 6.00. The van der Waals surface area contributed by atoms with E-state index in [1.54, 1.807) is 37.0 Å². The lowest BCUT2D eigenvalue weighted by molar-refractivity contribution is 0.0547. The number of rotatable bonds is 4. The molecule has 0 unspecified atom stereocenters. The van der Waals surface area contributed by atoms with Gasteiger partial charge in [0.1, 0.15) is 11.4 Å². The molecule has 0 saturated heterocycles. The number of carbonyl (C=O) groups is 1. The number of phenols is 1. The molecule has 0 aliphatic carbocycles. The van der Waals surface area contributed by atoms with Crippen molar-refractivity contribution in [3.63, 3.8) is 0 Å². The fourth-order valence-corrected chi connectivity index (χ4v) is 3.65. The quantitative estimate of drug-likeness (QED) is 0.575. The first-order valence-corrected chi connectivity index (χ1v) is 9.90. The van der Waals surface area contributed by atoms with Crippen molar-refractivity contribution in [3.8, 4) is 28.5 Å². The van der Waals surface area contributed by atoms with Crippen LogP contribution in [0.15, 0.2) is 36.4 Å². The maximum absolute atomic E-state index is 13.3. The molecule has 0 spiro atoms. The van der Waals surface area contributed by atoms with Gasteiger partial charge in [0.15, 0.2) is 11.5 Å². The van der Waals surface area contributed by atoms with E-state index in [9.17, 15) is 9.90 Å². The molecule has 1 N–H and O–H groups in total. The number of fused-ring (bicyclic) bond motifs is 1. The third-order valence-electron chi connectivity index (χ3n) is 4.80. The number of benzene rings is 2. The Kier molecular flexibility index (Phi) is 5.70. The van der Waals surface area contributed by atoms with Crippen LogP contribution in [-0.4, -0.2) is 35.6 Å². The number of nitrogens with zero attached hydrogens (tertiary/aromatic N) is 1. The van der Waals surface area contributed by atoms with Gasteiger partial charge in [-0.2, -0.15) is 0 Å². The van der Waals surface area contributed by atoms with E-state index in [1.807, 2.05) is 39.0 Å². The number of methoxy groups -OCH3 is 2. The molecule has 3 rings (SSSR count). The van der Waals surface area contributed by atoms with Gasteiger partial charge in [-0.15, -0.1) is 0 Å². The molecule has 0 atom stereocenters. The fraction of sp³-hybridized carbons (Fsp3) is 0.375. The third-order valence-corrected chi connectivity index (χ3v) is 4.80. The average Bonchev–Trinajstić information content (AvgIpc) is 3.00. The predicted molar refractivity (Wildman–Crippen MR) is 118 cm³/mol. The van der Waals surface area contributed by atoms with Gasteiger partial charge in [-0.1, -0.05) is 13.8 Å². The van der Waals surface area contributed by atoms with Gasteiger partial charge >= 0.3 is 6.09 Å². The second-order valence-corrected chi connectivity index (χ2v) is 8.50. The summed E-state index contributed by atoms with van der Waals surface area (Å²) in [5, 5.41) is 10.9. The molecular weight excluding hydrogens is 382 g/mol. The first-order valence-electron chi connectivity index (χ1n) is 9.90. The number of hydrogen-bond donors (Lipinski definition) is 1. The smallest absolute Gasteiger partial charge is 0.419 e. The van der Waals surface area contributed by atoms with Gasteiger partial charge < -0.3 is 19.3 Å².